The first-order valence-electron chi connectivity index (χ1n) is 5.97. The van der Waals surface area contributed by atoms with E-state index in [4.69, 9.17) is 11.6 Å². The molecule has 0 aliphatic heterocycles. The zero-order valence-electron chi connectivity index (χ0n) is 10.6. The van der Waals surface area contributed by atoms with Gasteiger partial charge in [-0.25, -0.2) is 9.37 Å². The topological polar surface area (TPSA) is 50.9 Å². The van der Waals surface area contributed by atoms with Gasteiger partial charge < -0.3 is 9.67 Å². The van der Waals surface area contributed by atoms with E-state index in [0.717, 1.165) is 17.2 Å². The lowest BCUT2D eigenvalue weighted by atomic mass is 10.1. The van der Waals surface area contributed by atoms with E-state index < -0.39 is 12.4 Å². The van der Waals surface area contributed by atoms with Gasteiger partial charge in [0.1, 0.15) is 11.6 Å². The number of aromatic nitrogens is 3. The fraction of sp³-hybridized carbons (Fsp3) is 0.143. The highest BCUT2D eigenvalue weighted by atomic mass is 35.5. The van der Waals surface area contributed by atoms with Gasteiger partial charge in [-0.2, -0.15) is 0 Å². The maximum atomic E-state index is 13.7. The second kappa shape index (κ2) is 4.85. The Morgan fingerprint density at radius 3 is 2.90 bits per heavy atom. The molecule has 102 valence electrons. The van der Waals surface area contributed by atoms with E-state index in [1.54, 1.807) is 22.8 Å². The molecule has 0 spiro atoms. The van der Waals surface area contributed by atoms with Crippen LogP contribution in [0.25, 0.3) is 22.4 Å². The molecule has 0 saturated heterocycles. The third-order valence-electron chi connectivity index (χ3n) is 3.25. The molecule has 0 atom stereocenters. The molecule has 0 aliphatic rings. The number of fused-ring (bicyclic) bond motifs is 1. The summed E-state index contributed by atoms with van der Waals surface area (Å²) in [6.45, 7) is -0.409. The highest BCUT2D eigenvalue weighted by Gasteiger charge is 2.16. The van der Waals surface area contributed by atoms with E-state index in [9.17, 15) is 9.50 Å². The predicted molar refractivity (Wildman–Crippen MR) is 74.8 cm³/mol. The van der Waals surface area contributed by atoms with Gasteiger partial charge in [0.2, 0.25) is 0 Å². The maximum Gasteiger partial charge on any atom is 0.147 e. The number of aryl methyl sites for hydroxylation is 1. The lowest BCUT2D eigenvalue weighted by molar-refractivity contribution is 0.276. The Hall–Kier alpha value is -1.98. The summed E-state index contributed by atoms with van der Waals surface area (Å²) in [6.07, 6.45) is 2.58. The van der Waals surface area contributed by atoms with Gasteiger partial charge in [0.05, 0.1) is 23.8 Å². The summed E-state index contributed by atoms with van der Waals surface area (Å²) in [5.74, 6) is -0.00611. The van der Waals surface area contributed by atoms with Crippen molar-refractivity contribution < 1.29 is 9.50 Å². The van der Waals surface area contributed by atoms with Crippen LogP contribution in [0, 0.1) is 5.82 Å². The van der Waals surface area contributed by atoms with E-state index in [1.807, 2.05) is 7.05 Å². The largest absolute Gasteiger partial charge is 0.392 e. The summed E-state index contributed by atoms with van der Waals surface area (Å²) in [7, 11) is 1.81. The maximum absolute atomic E-state index is 13.7. The van der Waals surface area contributed by atoms with Gasteiger partial charge in [-0.15, -0.1) is 0 Å². The van der Waals surface area contributed by atoms with Crippen molar-refractivity contribution in [2.75, 3.05) is 0 Å². The molecule has 1 aromatic carbocycles. The molecule has 3 aromatic rings. The minimum absolute atomic E-state index is 0.185. The minimum atomic E-state index is -0.546. The first kappa shape index (κ1) is 13.0. The molecule has 4 nitrogen and oxygen atoms in total. The van der Waals surface area contributed by atoms with Gasteiger partial charge in [-0.05, 0) is 18.2 Å². The van der Waals surface area contributed by atoms with Crippen molar-refractivity contribution >= 4 is 22.6 Å². The van der Waals surface area contributed by atoms with E-state index in [1.165, 1.54) is 6.20 Å². The van der Waals surface area contributed by atoms with Gasteiger partial charge in [-0.3, -0.25) is 4.98 Å². The summed E-state index contributed by atoms with van der Waals surface area (Å²) in [5, 5.41) is 9.95. The SMILES string of the molecule is Cn1c(-c2cncc(F)c2CO)nc2ccc(Cl)cc21. The van der Waals surface area contributed by atoms with Crippen molar-refractivity contribution in [1.82, 2.24) is 14.5 Å². The number of benzene rings is 1. The smallest absolute Gasteiger partial charge is 0.147 e. The Bertz CT molecular complexity index is 800. The third-order valence-corrected chi connectivity index (χ3v) is 3.48. The molecule has 6 heteroatoms. The highest BCUT2D eigenvalue weighted by molar-refractivity contribution is 6.31. The van der Waals surface area contributed by atoms with Gasteiger partial charge in [0.25, 0.3) is 0 Å². The number of rotatable bonds is 2. The summed E-state index contributed by atoms with van der Waals surface area (Å²) in [4.78, 5) is 8.29. The van der Waals surface area contributed by atoms with Gasteiger partial charge in [0, 0.05) is 29.4 Å². The zero-order valence-corrected chi connectivity index (χ0v) is 11.4. The molecule has 0 radical (unpaired) electrons. The van der Waals surface area contributed by atoms with Crippen LogP contribution in [0.5, 0.6) is 0 Å². The van der Waals surface area contributed by atoms with Gasteiger partial charge in [-0.1, -0.05) is 11.6 Å². The Morgan fingerprint density at radius 2 is 2.15 bits per heavy atom. The first-order valence-corrected chi connectivity index (χ1v) is 6.35. The number of aliphatic hydroxyl groups is 1. The molecule has 20 heavy (non-hydrogen) atoms. The van der Waals surface area contributed by atoms with Crippen molar-refractivity contribution in [2.24, 2.45) is 7.05 Å². The molecule has 3 rings (SSSR count). The summed E-state index contributed by atoms with van der Waals surface area (Å²) < 4.78 is 15.5. The molecule has 0 bridgehead atoms. The molecule has 2 aromatic heterocycles. The fourth-order valence-corrected chi connectivity index (χ4v) is 2.39. The van der Waals surface area contributed by atoms with Crippen molar-refractivity contribution in [3.8, 4) is 11.4 Å². The third kappa shape index (κ3) is 1.95. The standard InChI is InChI=1S/C14H11ClFN3O/c1-19-13-4-8(15)2-3-12(13)18-14(19)9-5-17-6-11(16)10(9)7-20/h2-6,20H,7H2,1H3. The Balaban J connectivity index is 2.30. The highest BCUT2D eigenvalue weighted by Crippen LogP contribution is 2.28. The second-order valence-electron chi connectivity index (χ2n) is 4.43. The summed E-state index contributed by atoms with van der Waals surface area (Å²) in [6, 6.07) is 5.34. The van der Waals surface area contributed by atoms with E-state index >= 15 is 0 Å². The van der Waals surface area contributed by atoms with Crippen LogP contribution in [0.1, 0.15) is 5.56 Å². The van der Waals surface area contributed by atoms with Gasteiger partial charge in [0.15, 0.2) is 0 Å². The van der Waals surface area contributed by atoms with E-state index in [2.05, 4.69) is 9.97 Å². The lowest BCUT2D eigenvalue weighted by Crippen LogP contribution is -2.00. The molecule has 0 aliphatic carbocycles. The number of imidazole rings is 1. The van der Waals surface area contributed by atoms with Crippen LogP contribution in [0.3, 0.4) is 0 Å². The normalized spacial score (nSPS) is 11.2. The Kier molecular flexibility index (Phi) is 3.16. The number of hydrogen-bond acceptors (Lipinski definition) is 3. The van der Waals surface area contributed by atoms with Crippen LogP contribution >= 0.6 is 11.6 Å². The molecular weight excluding hydrogens is 281 g/mol. The molecule has 0 saturated carbocycles. The van der Waals surface area contributed by atoms with Crippen LogP contribution in [0.4, 0.5) is 4.39 Å². The first-order chi connectivity index (χ1) is 9.61. The van der Waals surface area contributed by atoms with Crippen LogP contribution < -0.4 is 0 Å². The zero-order chi connectivity index (χ0) is 14.3. The van der Waals surface area contributed by atoms with Crippen LogP contribution in [-0.2, 0) is 13.7 Å². The molecule has 0 fully saturated rings. The molecule has 1 N–H and O–H groups in total. The molecular formula is C14H11ClFN3O. The average Bonchev–Trinajstić information content (AvgIpc) is 2.75. The molecule has 0 amide bonds. The molecule has 2 heterocycles. The monoisotopic (exact) mass is 291 g/mol. The Morgan fingerprint density at radius 1 is 1.35 bits per heavy atom. The van der Waals surface area contributed by atoms with Crippen molar-refractivity contribution in [3.05, 3.63) is 47.0 Å². The number of pyridine rings is 1. The predicted octanol–water partition coefficient (Wildman–Crippen LogP) is 2.92. The Labute approximate surface area is 119 Å². The number of aliphatic hydroxyl groups excluding tert-OH is 1. The second-order valence-corrected chi connectivity index (χ2v) is 4.87. The van der Waals surface area contributed by atoms with Crippen molar-refractivity contribution in [1.29, 1.82) is 0 Å². The molecule has 0 unspecified atom stereocenters. The van der Waals surface area contributed by atoms with Crippen LogP contribution in [0.2, 0.25) is 5.02 Å². The van der Waals surface area contributed by atoms with E-state index in [-0.39, 0.29) is 5.56 Å². The van der Waals surface area contributed by atoms with Crippen LogP contribution in [0.15, 0.2) is 30.6 Å². The summed E-state index contributed by atoms with van der Waals surface area (Å²) in [5.41, 5.74) is 2.24. The quantitative estimate of drug-likeness (QED) is 0.790. The summed E-state index contributed by atoms with van der Waals surface area (Å²) >= 11 is 5.98. The van der Waals surface area contributed by atoms with Crippen LogP contribution in [-0.4, -0.2) is 19.6 Å². The van der Waals surface area contributed by atoms with Gasteiger partial charge >= 0.3 is 0 Å². The average molecular weight is 292 g/mol. The fourth-order valence-electron chi connectivity index (χ4n) is 2.22. The van der Waals surface area contributed by atoms with Crippen molar-refractivity contribution in [3.63, 3.8) is 0 Å². The lowest BCUT2D eigenvalue weighted by Gasteiger charge is -2.07. The number of nitrogens with zero attached hydrogens (tertiary/aromatic N) is 3. The minimum Gasteiger partial charge on any atom is -0.392 e. The van der Waals surface area contributed by atoms with E-state index in [0.29, 0.717) is 16.4 Å². The number of hydrogen-bond donors (Lipinski definition) is 1. The van der Waals surface area contributed by atoms with Crippen molar-refractivity contribution in [2.45, 2.75) is 6.61 Å². The number of halogens is 2.